The van der Waals surface area contributed by atoms with Crippen molar-refractivity contribution in [1.29, 1.82) is 0 Å². The van der Waals surface area contributed by atoms with Crippen LogP contribution in [0.2, 0.25) is 0 Å². The van der Waals surface area contributed by atoms with E-state index in [2.05, 4.69) is 38.2 Å². The summed E-state index contributed by atoms with van der Waals surface area (Å²) < 4.78 is 8.55. The van der Waals surface area contributed by atoms with E-state index in [-0.39, 0.29) is 16.7 Å². The van der Waals surface area contributed by atoms with Gasteiger partial charge in [-0.3, -0.25) is 13.9 Å². The zero-order valence-electron chi connectivity index (χ0n) is 18.5. The molecule has 2 aromatic carbocycles. The molecule has 6 nitrogen and oxygen atoms in total. The maximum absolute atomic E-state index is 13.1. The number of nitrogens with one attached hydrogen (secondary N) is 1. The summed E-state index contributed by atoms with van der Waals surface area (Å²) in [6.07, 6.45) is 0. The molecule has 0 amide bonds. The van der Waals surface area contributed by atoms with Crippen LogP contribution in [-0.2, 0) is 26.1 Å². The summed E-state index contributed by atoms with van der Waals surface area (Å²) >= 11 is 0. The largest absolute Gasteiger partial charge is 0.423 e. The Morgan fingerprint density at radius 1 is 0.903 bits per heavy atom. The van der Waals surface area contributed by atoms with Crippen molar-refractivity contribution in [2.75, 3.05) is 5.32 Å². The minimum Gasteiger partial charge on any atom is -0.423 e. The Hall–Kier alpha value is -3.54. The number of rotatable bonds is 4. The van der Waals surface area contributed by atoms with Crippen molar-refractivity contribution in [1.82, 2.24) is 9.13 Å². The normalized spacial score (nSPS) is 11.8. The fourth-order valence-electron chi connectivity index (χ4n) is 3.74. The molecule has 4 rings (SSSR count). The Morgan fingerprint density at radius 2 is 1.55 bits per heavy atom. The highest BCUT2D eigenvalue weighted by Crippen LogP contribution is 2.37. The zero-order valence-corrected chi connectivity index (χ0v) is 18.5. The fraction of sp³-hybridized carbons (Fsp3) is 0.280. The number of anilines is 1. The van der Waals surface area contributed by atoms with E-state index in [1.807, 2.05) is 42.5 Å². The standard InChI is InChI=1S/C25H27N3O3/c1-25(2,3)18-13-11-17(12-14-18)19-20-22(29)27(4)24(30)28(5)23(20)31-21(19)26-15-16-9-7-6-8-10-16/h6-14,26H,15H2,1-5H3. The lowest BCUT2D eigenvalue weighted by molar-refractivity contribution is 0.572. The van der Waals surface area contributed by atoms with Gasteiger partial charge in [-0.05, 0) is 22.1 Å². The molecule has 160 valence electrons. The van der Waals surface area contributed by atoms with Crippen molar-refractivity contribution in [2.45, 2.75) is 32.7 Å². The Balaban J connectivity index is 1.92. The van der Waals surface area contributed by atoms with Crippen LogP contribution in [0.1, 0.15) is 31.9 Å². The molecule has 31 heavy (non-hydrogen) atoms. The van der Waals surface area contributed by atoms with E-state index in [4.69, 9.17) is 4.42 Å². The van der Waals surface area contributed by atoms with Crippen molar-refractivity contribution >= 4 is 17.0 Å². The lowest BCUT2D eigenvalue weighted by Gasteiger charge is -2.19. The first-order chi connectivity index (χ1) is 14.7. The number of aromatic nitrogens is 2. The van der Waals surface area contributed by atoms with Crippen LogP contribution in [0.3, 0.4) is 0 Å². The fourth-order valence-corrected chi connectivity index (χ4v) is 3.74. The third-order valence-corrected chi connectivity index (χ3v) is 5.62. The predicted octanol–water partition coefficient (Wildman–Crippen LogP) is 4.41. The van der Waals surface area contributed by atoms with Gasteiger partial charge < -0.3 is 9.73 Å². The molecular weight excluding hydrogens is 390 g/mol. The molecule has 0 saturated heterocycles. The second-order valence-electron chi connectivity index (χ2n) is 8.86. The van der Waals surface area contributed by atoms with E-state index in [1.165, 1.54) is 17.2 Å². The van der Waals surface area contributed by atoms with Gasteiger partial charge >= 0.3 is 5.69 Å². The Kier molecular flexibility index (Phi) is 5.09. The van der Waals surface area contributed by atoms with E-state index in [1.54, 1.807) is 7.05 Å². The third kappa shape index (κ3) is 3.69. The van der Waals surface area contributed by atoms with Gasteiger partial charge in [0, 0.05) is 20.6 Å². The van der Waals surface area contributed by atoms with Crippen LogP contribution in [0, 0.1) is 0 Å². The number of hydrogen-bond donors (Lipinski definition) is 1. The van der Waals surface area contributed by atoms with Crippen LogP contribution in [0.25, 0.3) is 22.2 Å². The highest BCUT2D eigenvalue weighted by atomic mass is 16.4. The van der Waals surface area contributed by atoms with E-state index in [0.717, 1.165) is 15.7 Å². The lowest BCUT2D eigenvalue weighted by Crippen LogP contribution is -2.36. The summed E-state index contributed by atoms with van der Waals surface area (Å²) in [5.74, 6) is 0.473. The summed E-state index contributed by atoms with van der Waals surface area (Å²) in [4.78, 5) is 25.5. The Morgan fingerprint density at radius 3 is 2.16 bits per heavy atom. The first kappa shape index (κ1) is 20.7. The van der Waals surface area contributed by atoms with Crippen molar-refractivity contribution in [3.63, 3.8) is 0 Å². The van der Waals surface area contributed by atoms with Gasteiger partial charge in [0.2, 0.25) is 11.6 Å². The third-order valence-electron chi connectivity index (χ3n) is 5.62. The van der Waals surface area contributed by atoms with Gasteiger partial charge in [0.15, 0.2) is 0 Å². The van der Waals surface area contributed by atoms with Crippen molar-refractivity contribution in [3.05, 3.63) is 86.6 Å². The van der Waals surface area contributed by atoms with Gasteiger partial charge in [0.25, 0.3) is 5.56 Å². The Bertz CT molecular complexity index is 1350. The minimum atomic E-state index is -0.421. The topological polar surface area (TPSA) is 69.2 Å². The summed E-state index contributed by atoms with van der Waals surface area (Å²) in [5.41, 5.74) is 3.30. The molecule has 0 bridgehead atoms. The maximum atomic E-state index is 13.1. The molecule has 0 radical (unpaired) electrons. The molecule has 0 aliphatic rings. The molecule has 4 aromatic rings. The van der Waals surface area contributed by atoms with Gasteiger partial charge in [0.05, 0.1) is 5.56 Å². The second kappa shape index (κ2) is 7.61. The van der Waals surface area contributed by atoms with E-state index in [0.29, 0.717) is 23.4 Å². The van der Waals surface area contributed by atoms with Gasteiger partial charge in [-0.2, -0.15) is 0 Å². The van der Waals surface area contributed by atoms with Crippen LogP contribution >= 0.6 is 0 Å². The van der Waals surface area contributed by atoms with E-state index < -0.39 is 5.69 Å². The molecule has 6 heteroatoms. The van der Waals surface area contributed by atoms with Crippen LogP contribution < -0.4 is 16.6 Å². The average molecular weight is 418 g/mol. The molecular formula is C25H27N3O3. The SMILES string of the molecule is Cn1c(=O)c2c(-c3ccc(C(C)(C)C)cc3)c(NCc3ccccc3)oc2n(C)c1=O. The molecule has 0 spiro atoms. The zero-order chi connectivity index (χ0) is 22.3. The van der Waals surface area contributed by atoms with Gasteiger partial charge in [0.1, 0.15) is 5.39 Å². The molecule has 0 saturated carbocycles. The number of nitrogens with zero attached hydrogens (tertiary/aromatic N) is 2. The average Bonchev–Trinajstić information content (AvgIpc) is 3.14. The maximum Gasteiger partial charge on any atom is 0.333 e. The predicted molar refractivity (Wildman–Crippen MR) is 125 cm³/mol. The molecule has 0 atom stereocenters. The van der Waals surface area contributed by atoms with Crippen molar-refractivity contribution < 1.29 is 4.42 Å². The minimum absolute atomic E-state index is 0.0193. The van der Waals surface area contributed by atoms with Gasteiger partial charge in [-0.15, -0.1) is 0 Å². The summed E-state index contributed by atoms with van der Waals surface area (Å²) in [5, 5.41) is 3.72. The number of benzene rings is 2. The molecule has 2 aromatic heterocycles. The van der Waals surface area contributed by atoms with Gasteiger partial charge in [-0.1, -0.05) is 75.4 Å². The summed E-state index contributed by atoms with van der Waals surface area (Å²) in [6.45, 7) is 7.01. The van der Waals surface area contributed by atoms with Crippen LogP contribution in [-0.4, -0.2) is 9.13 Å². The molecule has 1 N–H and O–H groups in total. The first-order valence-electron chi connectivity index (χ1n) is 10.3. The quantitative estimate of drug-likeness (QED) is 0.534. The molecule has 0 fully saturated rings. The number of aryl methyl sites for hydroxylation is 1. The molecule has 0 aliphatic carbocycles. The van der Waals surface area contributed by atoms with Gasteiger partial charge in [-0.25, -0.2) is 4.79 Å². The smallest absolute Gasteiger partial charge is 0.333 e. The second-order valence-corrected chi connectivity index (χ2v) is 8.86. The highest BCUT2D eigenvalue weighted by molar-refractivity contribution is 5.98. The summed E-state index contributed by atoms with van der Waals surface area (Å²) in [7, 11) is 3.10. The number of furan rings is 1. The van der Waals surface area contributed by atoms with Crippen molar-refractivity contribution in [3.8, 4) is 11.1 Å². The lowest BCUT2D eigenvalue weighted by atomic mass is 9.86. The monoisotopic (exact) mass is 417 g/mol. The van der Waals surface area contributed by atoms with Crippen LogP contribution in [0.4, 0.5) is 5.88 Å². The molecule has 2 heterocycles. The summed E-state index contributed by atoms with van der Waals surface area (Å²) in [6, 6.07) is 18.1. The molecule has 0 unspecified atom stereocenters. The van der Waals surface area contributed by atoms with Crippen LogP contribution in [0.5, 0.6) is 0 Å². The van der Waals surface area contributed by atoms with Crippen LogP contribution in [0.15, 0.2) is 68.6 Å². The number of fused-ring (bicyclic) bond motifs is 1. The Labute approximate surface area is 180 Å². The first-order valence-corrected chi connectivity index (χ1v) is 10.3. The van der Waals surface area contributed by atoms with E-state index >= 15 is 0 Å². The number of hydrogen-bond acceptors (Lipinski definition) is 4. The molecule has 0 aliphatic heterocycles. The highest BCUT2D eigenvalue weighted by Gasteiger charge is 2.23. The van der Waals surface area contributed by atoms with Crippen molar-refractivity contribution in [2.24, 2.45) is 14.1 Å². The van der Waals surface area contributed by atoms with E-state index in [9.17, 15) is 9.59 Å².